The second kappa shape index (κ2) is 5.31. The van der Waals surface area contributed by atoms with Crippen molar-refractivity contribution in [3.63, 3.8) is 0 Å². The summed E-state index contributed by atoms with van der Waals surface area (Å²) in [6.07, 6.45) is 5.54. The first-order chi connectivity index (χ1) is 9.33. The number of aromatic nitrogens is 4. The second-order valence-corrected chi connectivity index (χ2v) is 4.82. The minimum atomic E-state index is 0.682. The van der Waals surface area contributed by atoms with E-state index in [2.05, 4.69) is 45.9 Å². The Labute approximate surface area is 117 Å². The van der Waals surface area contributed by atoms with Gasteiger partial charge in [-0.25, -0.2) is 0 Å². The van der Waals surface area contributed by atoms with E-state index in [-0.39, 0.29) is 0 Å². The van der Waals surface area contributed by atoms with Gasteiger partial charge in [0.05, 0.1) is 11.2 Å². The van der Waals surface area contributed by atoms with Gasteiger partial charge in [0, 0.05) is 29.8 Å². The zero-order valence-electron chi connectivity index (χ0n) is 9.88. The van der Waals surface area contributed by atoms with Gasteiger partial charge < -0.3 is 9.84 Å². The minimum absolute atomic E-state index is 0.682. The maximum Gasteiger partial charge on any atom is 0.213 e. The smallest absolute Gasteiger partial charge is 0.213 e. The Bertz CT molecular complexity index is 686. The highest BCUT2D eigenvalue weighted by Gasteiger charge is 2.04. The van der Waals surface area contributed by atoms with Crippen LogP contribution in [0.1, 0.15) is 5.82 Å². The van der Waals surface area contributed by atoms with E-state index in [0.717, 1.165) is 21.2 Å². The number of pyridine rings is 2. The van der Waals surface area contributed by atoms with Crippen molar-refractivity contribution < 1.29 is 4.52 Å². The first-order valence-corrected chi connectivity index (χ1v) is 6.51. The number of nitrogens with zero attached hydrogens (tertiary/aromatic N) is 4. The van der Waals surface area contributed by atoms with Crippen LogP contribution in [0.3, 0.4) is 0 Å². The molecule has 3 aromatic heterocycles. The van der Waals surface area contributed by atoms with E-state index in [4.69, 9.17) is 0 Å². The van der Waals surface area contributed by atoms with E-state index in [1.807, 2.05) is 12.1 Å². The summed E-state index contributed by atoms with van der Waals surface area (Å²) in [5.74, 6) is 0.682. The molecule has 19 heavy (non-hydrogen) atoms. The van der Waals surface area contributed by atoms with Gasteiger partial charge in [-0.1, -0.05) is 5.16 Å². The molecule has 0 aromatic carbocycles. The van der Waals surface area contributed by atoms with Crippen LogP contribution in [0.4, 0.5) is 5.69 Å². The predicted molar refractivity (Wildman–Crippen MR) is 73.7 cm³/mol. The summed E-state index contributed by atoms with van der Waals surface area (Å²) in [7, 11) is 0. The molecule has 96 valence electrons. The minimum Gasteiger partial charge on any atom is -0.383 e. The molecule has 0 atom stereocenters. The second-order valence-electron chi connectivity index (χ2n) is 3.90. The molecule has 0 amide bonds. The van der Waals surface area contributed by atoms with Crippen LogP contribution < -0.4 is 5.32 Å². The summed E-state index contributed by atoms with van der Waals surface area (Å²) in [5, 5.41) is 7.07. The number of fused-ring (bicyclic) bond motifs is 1. The lowest BCUT2D eigenvalue weighted by Gasteiger charge is -2.07. The van der Waals surface area contributed by atoms with Gasteiger partial charge in [-0.3, -0.25) is 9.97 Å². The van der Waals surface area contributed by atoms with Crippen LogP contribution in [0.25, 0.3) is 11.0 Å². The zero-order valence-corrected chi connectivity index (χ0v) is 11.5. The van der Waals surface area contributed by atoms with Crippen LogP contribution >= 0.6 is 15.9 Å². The molecule has 0 saturated heterocycles. The molecule has 0 unspecified atom stereocenters. The fraction of sp³-hybridized carbons (Fsp3) is 0.167. The Morgan fingerprint density at radius 1 is 1.26 bits per heavy atom. The summed E-state index contributed by atoms with van der Waals surface area (Å²) in [5.41, 5.74) is 2.64. The van der Waals surface area contributed by atoms with E-state index in [1.54, 1.807) is 12.4 Å². The van der Waals surface area contributed by atoms with Crippen LogP contribution in [0, 0.1) is 0 Å². The molecule has 0 aliphatic rings. The van der Waals surface area contributed by atoms with Crippen molar-refractivity contribution in [2.75, 3.05) is 11.9 Å². The largest absolute Gasteiger partial charge is 0.383 e. The van der Waals surface area contributed by atoms with Gasteiger partial charge in [-0.2, -0.15) is 4.98 Å². The zero-order chi connectivity index (χ0) is 13.1. The Kier molecular flexibility index (Phi) is 3.37. The summed E-state index contributed by atoms with van der Waals surface area (Å²) >= 11 is 3.39. The van der Waals surface area contributed by atoms with E-state index < -0.39 is 0 Å². The average Bonchev–Trinajstić information content (AvgIpc) is 2.92. The topological polar surface area (TPSA) is 76.7 Å². The van der Waals surface area contributed by atoms with Crippen LogP contribution in [0.2, 0.25) is 0 Å². The third-order valence-corrected chi connectivity index (χ3v) is 3.05. The molecule has 0 aliphatic carbocycles. The fourth-order valence-electron chi connectivity index (χ4n) is 1.76. The van der Waals surface area contributed by atoms with Gasteiger partial charge in [0.15, 0.2) is 5.82 Å². The van der Waals surface area contributed by atoms with Crippen LogP contribution in [0.15, 0.2) is 39.9 Å². The normalized spacial score (nSPS) is 10.8. The molecular formula is C12H10BrN5O. The van der Waals surface area contributed by atoms with E-state index in [9.17, 15) is 0 Å². The number of hydrogen-bond donors (Lipinski definition) is 1. The molecule has 3 rings (SSSR count). The first kappa shape index (κ1) is 12.0. The maximum absolute atomic E-state index is 4.68. The summed E-state index contributed by atoms with van der Waals surface area (Å²) < 4.78 is 5.60. The number of halogens is 1. The van der Waals surface area contributed by atoms with Crippen molar-refractivity contribution in [3.8, 4) is 0 Å². The SMILES string of the molecule is Brc1cnc2c(NCCc3ncon3)ccnc2c1. The average molecular weight is 320 g/mol. The first-order valence-electron chi connectivity index (χ1n) is 5.72. The van der Waals surface area contributed by atoms with Gasteiger partial charge >= 0.3 is 0 Å². The molecule has 3 heterocycles. The fourth-order valence-corrected chi connectivity index (χ4v) is 2.08. The van der Waals surface area contributed by atoms with E-state index in [0.29, 0.717) is 18.8 Å². The van der Waals surface area contributed by atoms with Gasteiger partial charge in [0.2, 0.25) is 6.39 Å². The highest BCUT2D eigenvalue weighted by molar-refractivity contribution is 9.10. The third-order valence-electron chi connectivity index (χ3n) is 2.62. The third kappa shape index (κ3) is 2.70. The molecule has 3 aromatic rings. The Morgan fingerprint density at radius 3 is 3.05 bits per heavy atom. The van der Waals surface area contributed by atoms with Gasteiger partial charge in [0.1, 0.15) is 5.52 Å². The highest BCUT2D eigenvalue weighted by atomic mass is 79.9. The number of anilines is 1. The van der Waals surface area contributed by atoms with Crippen LogP contribution in [-0.2, 0) is 6.42 Å². The predicted octanol–water partition coefficient (Wildman–Crippen LogP) is 2.43. The standard InChI is InChI=1S/C12H10BrN5O/c13-8-5-10-12(16-6-8)9(1-3-15-10)14-4-2-11-17-7-19-18-11/h1,3,5-7H,2,4H2,(H,14,15). The molecule has 0 spiro atoms. The van der Waals surface area contributed by atoms with Crippen molar-refractivity contribution in [1.29, 1.82) is 0 Å². The molecule has 6 nitrogen and oxygen atoms in total. The summed E-state index contributed by atoms with van der Waals surface area (Å²) in [4.78, 5) is 12.6. The molecule has 0 bridgehead atoms. The summed E-state index contributed by atoms with van der Waals surface area (Å²) in [6, 6.07) is 3.84. The molecule has 7 heteroatoms. The van der Waals surface area contributed by atoms with Gasteiger partial charge in [0.25, 0.3) is 0 Å². The van der Waals surface area contributed by atoms with E-state index in [1.165, 1.54) is 6.39 Å². The lowest BCUT2D eigenvalue weighted by Crippen LogP contribution is -2.06. The Balaban J connectivity index is 1.77. The highest BCUT2D eigenvalue weighted by Crippen LogP contribution is 2.21. The van der Waals surface area contributed by atoms with Crippen LogP contribution in [0.5, 0.6) is 0 Å². The lowest BCUT2D eigenvalue weighted by atomic mass is 10.2. The Morgan fingerprint density at radius 2 is 2.21 bits per heavy atom. The molecular weight excluding hydrogens is 310 g/mol. The van der Waals surface area contributed by atoms with Crippen molar-refractivity contribution in [2.45, 2.75) is 6.42 Å². The van der Waals surface area contributed by atoms with Crippen molar-refractivity contribution in [2.24, 2.45) is 0 Å². The molecule has 0 fully saturated rings. The lowest BCUT2D eigenvalue weighted by molar-refractivity contribution is 0.410. The number of nitrogens with one attached hydrogen (secondary N) is 1. The molecule has 0 radical (unpaired) electrons. The quantitative estimate of drug-likeness (QED) is 0.795. The molecule has 0 aliphatic heterocycles. The molecule has 0 saturated carbocycles. The van der Waals surface area contributed by atoms with Crippen molar-refractivity contribution in [1.82, 2.24) is 20.1 Å². The van der Waals surface area contributed by atoms with Crippen LogP contribution in [-0.4, -0.2) is 26.7 Å². The van der Waals surface area contributed by atoms with E-state index >= 15 is 0 Å². The van der Waals surface area contributed by atoms with Crippen molar-refractivity contribution in [3.05, 3.63) is 41.2 Å². The molecule has 1 N–H and O–H groups in total. The van der Waals surface area contributed by atoms with Gasteiger partial charge in [-0.15, -0.1) is 0 Å². The summed E-state index contributed by atoms with van der Waals surface area (Å²) in [6.45, 7) is 0.705. The van der Waals surface area contributed by atoms with Gasteiger partial charge in [-0.05, 0) is 28.1 Å². The maximum atomic E-state index is 4.68. The van der Waals surface area contributed by atoms with Crippen molar-refractivity contribution >= 4 is 32.7 Å². The number of rotatable bonds is 4. The number of hydrogen-bond acceptors (Lipinski definition) is 6. The monoisotopic (exact) mass is 319 g/mol. The Hall–Kier alpha value is -2.02.